The Morgan fingerprint density at radius 2 is 2.13 bits per heavy atom. The van der Waals surface area contributed by atoms with Crippen molar-refractivity contribution >= 4 is 29.0 Å². The van der Waals surface area contributed by atoms with E-state index in [2.05, 4.69) is 15.3 Å². The quantitative estimate of drug-likeness (QED) is 0.860. The Morgan fingerprint density at radius 3 is 2.67 bits per heavy atom. The van der Waals surface area contributed by atoms with Gasteiger partial charge in [-0.3, -0.25) is 0 Å². The van der Waals surface area contributed by atoms with Gasteiger partial charge < -0.3 is 10.4 Å². The molecule has 84 valence electrons. The Kier molecular flexibility index (Phi) is 4.57. The van der Waals surface area contributed by atoms with Crippen molar-refractivity contribution in [1.82, 2.24) is 9.97 Å². The van der Waals surface area contributed by atoms with E-state index < -0.39 is 6.10 Å². The molecule has 0 bridgehead atoms. The second kappa shape index (κ2) is 5.49. The van der Waals surface area contributed by atoms with E-state index in [1.165, 1.54) is 6.20 Å². The highest BCUT2D eigenvalue weighted by Gasteiger charge is 2.10. The summed E-state index contributed by atoms with van der Waals surface area (Å²) in [7, 11) is 0. The van der Waals surface area contributed by atoms with Crippen LogP contribution in [0.1, 0.15) is 13.8 Å². The van der Waals surface area contributed by atoms with Gasteiger partial charge in [-0.15, -0.1) is 0 Å². The fourth-order valence-corrected chi connectivity index (χ4v) is 1.29. The number of hydrogen-bond acceptors (Lipinski definition) is 4. The van der Waals surface area contributed by atoms with Crippen molar-refractivity contribution < 1.29 is 5.11 Å². The van der Waals surface area contributed by atoms with Gasteiger partial charge in [0.25, 0.3) is 0 Å². The molecule has 1 unspecified atom stereocenters. The summed E-state index contributed by atoms with van der Waals surface area (Å²) < 4.78 is 0. The monoisotopic (exact) mass is 249 g/mol. The van der Waals surface area contributed by atoms with Crippen molar-refractivity contribution in [1.29, 1.82) is 0 Å². The number of aliphatic hydroxyl groups excluding tert-OH is 1. The number of anilines is 1. The Balaban J connectivity index is 2.58. The lowest BCUT2D eigenvalue weighted by molar-refractivity contribution is 0.138. The Bertz CT molecular complexity index is 333. The van der Waals surface area contributed by atoms with Crippen LogP contribution in [0.5, 0.6) is 0 Å². The Labute approximate surface area is 98.6 Å². The molecule has 0 radical (unpaired) electrons. The molecule has 0 aliphatic rings. The molecule has 2 N–H and O–H groups in total. The zero-order chi connectivity index (χ0) is 11.4. The van der Waals surface area contributed by atoms with Crippen LogP contribution in [0, 0.1) is 5.92 Å². The minimum atomic E-state index is -0.446. The molecule has 15 heavy (non-hydrogen) atoms. The number of hydrogen-bond donors (Lipinski definition) is 2. The molecule has 1 aromatic heterocycles. The zero-order valence-corrected chi connectivity index (χ0v) is 10.0. The minimum Gasteiger partial charge on any atom is -0.391 e. The van der Waals surface area contributed by atoms with Crippen LogP contribution in [-0.4, -0.2) is 27.7 Å². The Morgan fingerprint density at radius 1 is 1.47 bits per heavy atom. The van der Waals surface area contributed by atoms with E-state index in [9.17, 15) is 5.11 Å². The average molecular weight is 250 g/mol. The SMILES string of the molecule is CC(C)C(O)CNc1ncc(Cl)nc1Cl. The molecule has 0 saturated carbocycles. The van der Waals surface area contributed by atoms with Gasteiger partial charge in [0, 0.05) is 6.54 Å². The number of aromatic nitrogens is 2. The number of rotatable bonds is 4. The molecule has 0 aromatic carbocycles. The second-order valence-corrected chi connectivity index (χ2v) is 4.27. The summed E-state index contributed by atoms with van der Waals surface area (Å²) in [5.74, 6) is 0.609. The molecule has 0 aliphatic carbocycles. The predicted octanol–water partition coefficient (Wildman–Crippen LogP) is 2.21. The molecule has 0 fully saturated rings. The van der Waals surface area contributed by atoms with Gasteiger partial charge >= 0.3 is 0 Å². The molecule has 4 nitrogen and oxygen atoms in total. The van der Waals surface area contributed by atoms with Crippen LogP contribution in [0.3, 0.4) is 0 Å². The molecule has 0 saturated heterocycles. The molecule has 0 aliphatic heterocycles. The molecule has 6 heteroatoms. The lowest BCUT2D eigenvalue weighted by Crippen LogP contribution is -2.25. The number of halogens is 2. The molecular weight excluding hydrogens is 237 g/mol. The number of nitrogens with zero attached hydrogens (tertiary/aromatic N) is 2. The third-order valence-corrected chi connectivity index (χ3v) is 2.39. The van der Waals surface area contributed by atoms with Gasteiger partial charge in [-0.05, 0) is 5.92 Å². The fourth-order valence-electron chi connectivity index (χ4n) is 0.902. The third kappa shape index (κ3) is 3.81. The zero-order valence-electron chi connectivity index (χ0n) is 8.54. The van der Waals surface area contributed by atoms with Gasteiger partial charge in [-0.1, -0.05) is 37.0 Å². The number of aliphatic hydroxyl groups is 1. The minimum absolute atomic E-state index is 0.177. The Hall–Kier alpha value is -0.580. The van der Waals surface area contributed by atoms with E-state index in [1.54, 1.807) is 0 Å². The first-order chi connectivity index (χ1) is 7.00. The van der Waals surface area contributed by atoms with Crippen molar-refractivity contribution in [3.8, 4) is 0 Å². The highest BCUT2D eigenvalue weighted by molar-refractivity contribution is 6.33. The van der Waals surface area contributed by atoms with Crippen LogP contribution in [-0.2, 0) is 0 Å². The summed E-state index contributed by atoms with van der Waals surface area (Å²) in [5.41, 5.74) is 0. The lowest BCUT2D eigenvalue weighted by Gasteiger charge is -2.15. The van der Waals surface area contributed by atoms with Gasteiger partial charge in [-0.2, -0.15) is 0 Å². The summed E-state index contributed by atoms with van der Waals surface area (Å²) in [4.78, 5) is 7.78. The highest BCUT2D eigenvalue weighted by Crippen LogP contribution is 2.18. The maximum Gasteiger partial charge on any atom is 0.173 e. The molecule has 1 rings (SSSR count). The largest absolute Gasteiger partial charge is 0.391 e. The summed E-state index contributed by atoms with van der Waals surface area (Å²) in [6.45, 7) is 4.25. The third-order valence-electron chi connectivity index (χ3n) is 1.95. The maximum atomic E-state index is 9.55. The van der Waals surface area contributed by atoms with E-state index in [4.69, 9.17) is 23.2 Å². The van der Waals surface area contributed by atoms with Crippen LogP contribution in [0.15, 0.2) is 6.20 Å². The van der Waals surface area contributed by atoms with Gasteiger partial charge in [0.1, 0.15) is 5.15 Å². The fraction of sp³-hybridized carbons (Fsp3) is 0.556. The normalized spacial score (nSPS) is 12.9. The summed E-state index contributed by atoms with van der Waals surface area (Å²) in [6, 6.07) is 0. The molecule has 1 aromatic rings. The van der Waals surface area contributed by atoms with E-state index in [1.807, 2.05) is 13.8 Å². The van der Waals surface area contributed by atoms with Gasteiger partial charge in [-0.25, -0.2) is 9.97 Å². The standard InChI is InChI=1S/C9H13Cl2N3O/c1-5(2)6(15)3-12-9-8(11)14-7(10)4-13-9/h4-6,15H,3H2,1-2H3,(H,12,13). The molecule has 1 heterocycles. The van der Waals surface area contributed by atoms with Crippen molar-refractivity contribution in [2.24, 2.45) is 5.92 Å². The summed E-state index contributed by atoms with van der Waals surface area (Å²) in [6.07, 6.45) is 0.955. The first kappa shape index (κ1) is 12.5. The van der Waals surface area contributed by atoms with E-state index in [0.29, 0.717) is 12.4 Å². The van der Waals surface area contributed by atoms with Crippen LogP contribution in [0.2, 0.25) is 10.3 Å². The number of nitrogens with one attached hydrogen (secondary N) is 1. The maximum absolute atomic E-state index is 9.55. The first-order valence-electron chi connectivity index (χ1n) is 4.60. The van der Waals surface area contributed by atoms with Crippen LogP contribution in [0.25, 0.3) is 0 Å². The summed E-state index contributed by atoms with van der Waals surface area (Å²) >= 11 is 11.4. The topological polar surface area (TPSA) is 58.0 Å². The smallest absolute Gasteiger partial charge is 0.173 e. The average Bonchev–Trinajstić information content (AvgIpc) is 2.15. The molecule has 0 spiro atoms. The van der Waals surface area contributed by atoms with Crippen LogP contribution in [0.4, 0.5) is 5.82 Å². The van der Waals surface area contributed by atoms with Crippen LogP contribution >= 0.6 is 23.2 Å². The summed E-state index contributed by atoms with van der Waals surface area (Å²) in [5, 5.41) is 12.9. The molecular formula is C9H13Cl2N3O. The predicted molar refractivity (Wildman–Crippen MR) is 61.4 cm³/mol. The van der Waals surface area contributed by atoms with E-state index in [0.717, 1.165) is 0 Å². The van der Waals surface area contributed by atoms with Crippen molar-refractivity contribution in [3.05, 3.63) is 16.5 Å². The van der Waals surface area contributed by atoms with E-state index in [-0.39, 0.29) is 16.2 Å². The van der Waals surface area contributed by atoms with Crippen molar-refractivity contribution in [2.75, 3.05) is 11.9 Å². The van der Waals surface area contributed by atoms with Crippen molar-refractivity contribution in [3.63, 3.8) is 0 Å². The molecule has 0 amide bonds. The lowest BCUT2D eigenvalue weighted by atomic mass is 10.1. The first-order valence-corrected chi connectivity index (χ1v) is 5.36. The van der Waals surface area contributed by atoms with E-state index >= 15 is 0 Å². The van der Waals surface area contributed by atoms with Crippen LogP contribution < -0.4 is 5.32 Å². The second-order valence-electron chi connectivity index (χ2n) is 3.52. The van der Waals surface area contributed by atoms with Gasteiger partial charge in [0.15, 0.2) is 11.0 Å². The molecule has 1 atom stereocenters. The highest BCUT2D eigenvalue weighted by atomic mass is 35.5. The van der Waals surface area contributed by atoms with Crippen molar-refractivity contribution in [2.45, 2.75) is 20.0 Å². The van der Waals surface area contributed by atoms with Gasteiger partial charge in [0.05, 0.1) is 12.3 Å². The van der Waals surface area contributed by atoms with Gasteiger partial charge in [0.2, 0.25) is 0 Å².